The Hall–Kier alpha value is -2.12. The van der Waals surface area contributed by atoms with Gasteiger partial charge in [0.25, 0.3) is 11.8 Å². The van der Waals surface area contributed by atoms with E-state index in [1.807, 2.05) is 0 Å². The summed E-state index contributed by atoms with van der Waals surface area (Å²) >= 11 is 1.32. The Morgan fingerprint density at radius 2 is 2.30 bits per heavy atom. The Labute approximate surface area is 138 Å². The average molecular weight is 333 g/mol. The molecule has 1 saturated heterocycles. The highest BCUT2D eigenvalue weighted by molar-refractivity contribution is 7.14. The van der Waals surface area contributed by atoms with Gasteiger partial charge < -0.3 is 20.4 Å². The third-order valence-electron chi connectivity index (χ3n) is 4.21. The molecule has 0 bridgehead atoms. The number of nitrogens with zero attached hydrogens (tertiary/aromatic N) is 1. The zero-order chi connectivity index (χ0) is 16.4. The van der Waals surface area contributed by atoms with Crippen molar-refractivity contribution < 1.29 is 14.0 Å². The number of furan rings is 1. The third-order valence-corrected chi connectivity index (χ3v) is 5.04. The number of likely N-dealkylation sites (tertiary alicyclic amines) is 1. The number of carbonyl (C=O) groups excluding carboxylic acids is 2. The maximum Gasteiger partial charge on any atom is 0.291 e. The van der Waals surface area contributed by atoms with E-state index in [2.05, 4.69) is 12.2 Å². The molecule has 1 fully saturated rings. The minimum atomic E-state index is -0.361. The molecule has 3 heterocycles. The number of nitrogens with one attached hydrogen (secondary N) is 1. The number of carbonyl (C=O) groups is 2. The Bertz CT molecular complexity index is 710. The van der Waals surface area contributed by atoms with E-state index >= 15 is 0 Å². The Balaban J connectivity index is 1.73. The maximum atomic E-state index is 12.7. The third kappa shape index (κ3) is 3.16. The topological polar surface area (TPSA) is 88.6 Å². The second-order valence-corrected chi connectivity index (χ2v) is 7.00. The molecule has 2 amide bonds. The van der Waals surface area contributed by atoms with E-state index in [1.165, 1.54) is 17.6 Å². The summed E-state index contributed by atoms with van der Waals surface area (Å²) in [7, 11) is 0. The van der Waals surface area contributed by atoms with Crippen LogP contribution in [0.5, 0.6) is 0 Å². The van der Waals surface area contributed by atoms with Crippen molar-refractivity contribution in [1.82, 2.24) is 4.90 Å². The molecule has 1 aliphatic heterocycles. The summed E-state index contributed by atoms with van der Waals surface area (Å²) < 4.78 is 5.07. The van der Waals surface area contributed by atoms with Crippen LogP contribution in [0.15, 0.2) is 34.3 Å². The first-order chi connectivity index (χ1) is 11.0. The molecule has 1 atom stereocenters. The molecule has 2 aromatic rings. The number of nitrogens with two attached hydrogens (primary N) is 1. The fourth-order valence-electron chi connectivity index (χ4n) is 2.68. The molecular weight excluding hydrogens is 314 g/mol. The number of amides is 2. The van der Waals surface area contributed by atoms with E-state index in [9.17, 15) is 9.59 Å². The standard InChI is InChI=1S/C16H19N3O3S/c1-16(9-17)5-6-19(10-16)15(21)11-4-8-23-14(11)18-13(20)12-3-2-7-22-12/h2-4,7-8H,5-6,9-10,17H2,1H3,(H,18,20). The molecule has 6 nitrogen and oxygen atoms in total. The van der Waals surface area contributed by atoms with Crippen LogP contribution in [0.4, 0.5) is 5.00 Å². The van der Waals surface area contributed by atoms with Gasteiger partial charge >= 0.3 is 0 Å². The molecule has 1 aliphatic rings. The molecule has 0 radical (unpaired) electrons. The van der Waals surface area contributed by atoms with E-state index < -0.39 is 0 Å². The summed E-state index contributed by atoms with van der Waals surface area (Å²) in [4.78, 5) is 26.6. The van der Waals surface area contributed by atoms with Gasteiger partial charge in [-0.3, -0.25) is 9.59 Å². The van der Waals surface area contributed by atoms with Crippen molar-refractivity contribution in [3.63, 3.8) is 0 Å². The molecule has 0 aromatic carbocycles. The van der Waals surface area contributed by atoms with Gasteiger partial charge in [0.2, 0.25) is 0 Å². The summed E-state index contributed by atoms with van der Waals surface area (Å²) in [5.41, 5.74) is 6.28. The van der Waals surface area contributed by atoms with Crippen LogP contribution in [0, 0.1) is 5.41 Å². The first kappa shape index (κ1) is 15.8. The van der Waals surface area contributed by atoms with Crippen LogP contribution in [0.25, 0.3) is 0 Å². The summed E-state index contributed by atoms with van der Waals surface area (Å²) in [6.45, 7) is 3.98. The van der Waals surface area contributed by atoms with E-state index in [0.29, 0.717) is 30.2 Å². The predicted molar refractivity (Wildman–Crippen MR) is 88.7 cm³/mol. The second-order valence-electron chi connectivity index (χ2n) is 6.09. The quantitative estimate of drug-likeness (QED) is 0.899. The van der Waals surface area contributed by atoms with Gasteiger partial charge in [-0.2, -0.15) is 0 Å². The largest absolute Gasteiger partial charge is 0.459 e. The van der Waals surface area contributed by atoms with Crippen LogP contribution < -0.4 is 11.1 Å². The molecule has 122 valence electrons. The van der Waals surface area contributed by atoms with Gasteiger partial charge in [0.1, 0.15) is 5.00 Å². The molecule has 1 unspecified atom stereocenters. The predicted octanol–water partition coefficient (Wildman–Crippen LogP) is 2.40. The highest BCUT2D eigenvalue weighted by Crippen LogP contribution is 2.32. The van der Waals surface area contributed by atoms with Crippen LogP contribution in [0.2, 0.25) is 0 Å². The lowest BCUT2D eigenvalue weighted by molar-refractivity contribution is 0.0778. The fraction of sp³-hybridized carbons (Fsp3) is 0.375. The summed E-state index contributed by atoms with van der Waals surface area (Å²) in [6.07, 6.45) is 2.33. The van der Waals surface area contributed by atoms with Crippen molar-refractivity contribution in [2.45, 2.75) is 13.3 Å². The molecule has 3 N–H and O–H groups in total. The van der Waals surface area contributed by atoms with Crippen LogP contribution >= 0.6 is 11.3 Å². The van der Waals surface area contributed by atoms with Gasteiger partial charge in [0.05, 0.1) is 11.8 Å². The first-order valence-electron chi connectivity index (χ1n) is 7.44. The Morgan fingerprint density at radius 3 is 2.96 bits per heavy atom. The van der Waals surface area contributed by atoms with Gasteiger partial charge in [0.15, 0.2) is 5.76 Å². The summed E-state index contributed by atoms with van der Waals surface area (Å²) in [5, 5.41) is 5.08. The summed E-state index contributed by atoms with van der Waals surface area (Å²) in [5.74, 6) is -0.216. The second kappa shape index (κ2) is 6.17. The van der Waals surface area contributed by atoms with Crippen molar-refractivity contribution in [3.05, 3.63) is 41.2 Å². The van der Waals surface area contributed by atoms with Crippen molar-refractivity contribution in [2.75, 3.05) is 25.0 Å². The molecule has 2 aromatic heterocycles. The van der Waals surface area contributed by atoms with Crippen molar-refractivity contribution >= 4 is 28.2 Å². The maximum absolute atomic E-state index is 12.7. The SMILES string of the molecule is CC1(CN)CCN(C(=O)c2ccsc2NC(=O)c2ccco2)C1. The molecule has 0 saturated carbocycles. The van der Waals surface area contributed by atoms with Crippen molar-refractivity contribution in [3.8, 4) is 0 Å². The number of thiophene rings is 1. The van der Waals surface area contributed by atoms with E-state index in [0.717, 1.165) is 6.42 Å². The number of anilines is 1. The lowest BCUT2D eigenvalue weighted by Crippen LogP contribution is -2.34. The Morgan fingerprint density at radius 1 is 1.48 bits per heavy atom. The van der Waals surface area contributed by atoms with Crippen LogP contribution in [-0.2, 0) is 0 Å². The van der Waals surface area contributed by atoms with Crippen LogP contribution in [-0.4, -0.2) is 36.3 Å². The molecule has 7 heteroatoms. The van der Waals surface area contributed by atoms with Gasteiger partial charge in [-0.15, -0.1) is 11.3 Å². The molecule has 0 spiro atoms. The lowest BCUT2D eigenvalue weighted by atomic mass is 9.90. The molecule has 23 heavy (non-hydrogen) atoms. The zero-order valence-corrected chi connectivity index (χ0v) is 13.7. The van der Waals surface area contributed by atoms with Crippen molar-refractivity contribution in [2.24, 2.45) is 11.1 Å². The smallest absolute Gasteiger partial charge is 0.291 e. The Kier molecular flexibility index (Phi) is 4.23. The minimum Gasteiger partial charge on any atom is -0.459 e. The zero-order valence-electron chi connectivity index (χ0n) is 12.9. The number of rotatable bonds is 4. The van der Waals surface area contributed by atoms with Crippen LogP contribution in [0.3, 0.4) is 0 Å². The van der Waals surface area contributed by atoms with Crippen LogP contribution in [0.1, 0.15) is 34.3 Å². The molecule has 0 aliphatic carbocycles. The van der Waals surface area contributed by atoms with Gasteiger partial charge in [-0.05, 0) is 42.0 Å². The van der Waals surface area contributed by atoms with E-state index in [1.54, 1.807) is 28.5 Å². The number of hydrogen-bond acceptors (Lipinski definition) is 5. The first-order valence-corrected chi connectivity index (χ1v) is 8.32. The van der Waals surface area contributed by atoms with E-state index in [4.69, 9.17) is 10.2 Å². The lowest BCUT2D eigenvalue weighted by Gasteiger charge is -2.22. The highest BCUT2D eigenvalue weighted by Gasteiger charge is 2.36. The normalized spacial score (nSPS) is 20.7. The van der Waals surface area contributed by atoms with Gasteiger partial charge in [-0.25, -0.2) is 0 Å². The van der Waals surface area contributed by atoms with Gasteiger partial charge in [0, 0.05) is 13.1 Å². The monoisotopic (exact) mass is 333 g/mol. The molecule has 3 rings (SSSR count). The minimum absolute atomic E-state index is 0.0245. The summed E-state index contributed by atoms with van der Waals surface area (Å²) in [6, 6.07) is 4.97. The average Bonchev–Trinajstić information content (AvgIpc) is 3.27. The van der Waals surface area contributed by atoms with Gasteiger partial charge in [-0.1, -0.05) is 6.92 Å². The highest BCUT2D eigenvalue weighted by atomic mass is 32.1. The number of hydrogen-bond donors (Lipinski definition) is 2. The van der Waals surface area contributed by atoms with Crippen molar-refractivity contribution in [1.29, 1.82) is 0 Å². The fourth-order valence-corrected chi connectivity index (χ4v) is 3.46. The molecular formula is C16H19N3O3S. The van der Waals surface area contributed by atoms with E-state index in [-0.39, 0.29) is 23.0 Å².